The molecule has 0 aliphatic carbocycles. The quantitative estimate of drug-likeness (QED) is 0.103. The molecule has 6 amide bonds. The second kappa shape index (κ2) is 36.5. The van der Waals surface area contributed by atoms with Crippen LogP contribution < -0.4 is 61.5 Å². The van der Waals surface area contributed by atoms with E-state index in [1.807, 2.05) is 148 Å². The van der Waals surface area contributed by atoms with Gasteiger partial charge in [-0.25, -0.2) is 38.5 Å². The third-order valence-corrected chi connectivity index (χ3v) is 7.00. The number of anilines is 6. The molecule has 76 heavy (non-hydrogen) atoms. The zero-order valence-corrected chi connectivity index (χ0v) is 43.9. The molecule has 0 aliphatic heterocycles. The summed E-state index contributed by atoms with van der Waals surface area (Å²) in [5.74, 6) is 2.09. The van der Waals surface area contributed by atoms with Crippen molar-refractivity contribution < 1.29 is 126 Å². The molecule has 0 saturated heterocycles. The normalized spacial score (nSPS) is 10.4. The van der Waals surface area contributed by atoms with E-state index in [1.165, 1.54) is 0 Å². The van der Waals surface area contributed by atoms with Gasteiger partial charge in [-0.3, -0.25) is 29.6 Å². The van der Waals surface area contributed by atoms with E-state index in [-0.39, 0.29) is 18.1 Å². The molecule has 37 heteroatoms. The summed E-state index contributed by atoms with van der Waals surface area (Å²) in [5, 5.41) is 16.5. The summed E-state index contributed by atoms with van der Waals surface area (Å²) >= 11 is 0. The van der Waals surface area contributed by atoms with Crippen LogP contribution in [0.15, 0.2) is 146 Å². The van der Waals surface area contributed by atoms with E-state index in [0.29, 0.717) is 17.5 Å². The largest absolute Gasteiger partial charge is 0.756 e. The second-order valence-electron chi connectivity index (χ2n) is 13.5. The van der Waals surface area contributed by atoms with E-state index in [0.717, 1.165) is 33.8 Å². The predicted octanol–water partition coefficient (Wildman–Crippen LogP) is 0.820. The number of aryl methyl sites for hydroxylation is 3. The number of H-pyrrole nitrogens is 3. The van der Waals surface area contributed by atoms with Crippen LogP contribution in [0.2, 0.25) is 0 Å². The highest BCUT2D eigenvalue weighted by molar-refractivity contribution is 7.45. The van der Waals surface area contributed by atoms with Crippen LogP contribution in [0, 0.1) is 20.8 Å². The van der Waals surface area contributed by atoms with Gasteiger partial charge < -0.3 is 73.4 Å². The lowest BCUT2D eigenvalue weighted by molar-refractivity contribution is -0.361. The van der Waals surface area contributed by atoms with Gasteiger partial charge in [0.25, 0.3) is 40.9 Å². The first-order valence-corrected chi connectivity index (χ1v) is 27.7. The Balaban J connectivity index is 0. The van der Waals surface area contributed by atoms with Crippen LogP contribution in [0.1, 0.15) is 16.7 Å². The summed E-state index contributed by atoms with van der Waals surface area (Å²) in [5.41, 5.74) is 5.23. The highest BCUT2D eigenvalue weighted by Gasteiger charge is 2.14. The van der Waals surface area contributed by atoms with Crippen molar-refractivity contribution in [2.45, 2.75) is 20.8 Å². The maximum Gasteiger partial charge on any atom is 0.466 e. The van der Waals surface area contributed by atoms with E-state index in [1.54, 1.807) is 18.6 Å². The number of phosphoric acid groups is 5. The number of urea groups is 3. The SMILES string of the molecule is Cc1ccc[nH+]c1NC(=O)Nc1ccccc1.Cc1ccc[nH+]c1NC(=O)Nc1ccccc1.Cc1ccc[nH+]c1NC(=O)Nc1ccccc1.O=P(O)(O)O.O=P(O)(O)O.O=P([O-])(O)O.O=P([O-])(O)O.O=P([O-])(O)O. The van der Waals surface area contributed by atoms with Gasteiger partial charge in [0.05, 0.1) is 18.6 Å². The Morgan fingerprint density at radius 1 is 0.342 bits per heavy atom. The van der Waals surface area contributed by atoms with Crippen LogP contribution in [0.25, 0.3) is 0 Å². The molecule has 0 unspecified atom stereocenters. The number of hydrogen-bond acceptors (Lipinski definition) is 11. The highest BCUT2D eigenvalue weighted by Crippen LogP contribution is 2.26. The molecule has 0 radical (unpaired) electrons. The summed E-state index contributed by atoms with van der Waals surface area (Å²) in [6.07, 6.45) is 5.31. The summed E-state index contributed by atoms with van der Waals surface area (Å²) < 4.78 is 44.1. The summed E-state index contributed by atoms with van der Waals surface area (Å²) in [6.45, 7) is 5.78. The molecule has 0 spiro atoms. The summed E-state index contributed by atoms with van der Waals surface area (Å²) in [6, 6.07) is 38.6. The van der Waals surface area contributed by atoms with Crippen LogP contribution in [0.5, 0.6) is 0 Å². The van der Waals surface area contributed by atoms with Crippen LogP contribution in [-0.2, 0) is 22.8 Å². The number of aromatic amines is 3. The minimum Gasteiger partial charge on any atom is -0.756 e. The lowest BCUT2D eigenvalue weighted by Crippen LogP contribution is -2.24. The third kappa shape index (κ3) is 53.8. The summed E-state index contributed by atoms with van der Waals surface area (Å²) in [7, 11) is -23.9. The van der Waals surface area contributed by atoms with Crippen molar-refractivity contribution in [2.24, 2.45) is 0 Å². The first kappa shape index (κ1) is 71.5. The van der Waals surface area contributed by atoms with E-state index >= 15 is 0 Å². The number of amides is 6. The van der Waals surface area contributed by atoms with E-state index in [4.69, 9.17) is 96.2 Å². The number of pyridine rings is 3. The number of para-hydroxylation sites is 3. The lowest BCUT2D eigenvalue weighted by atomic mass is 10.3. The first-order chi connectivity index (χ1) is 34.8. The molecule has 0 aliphatic rings. The van der Waals surface area contributed by atoms with Crippen molar-refractivity contribution >= 4 is 91.7 Å². The smallest absolute Gasteiger partial charge is 0.466 e. The fourth-order valence-corrected chi connectivity index (χ4v) is 4.36. The molecule has 418 valence electrons. The monoisotopic (exact) mass is 1170 g/mol. The van der Waals surface area contributed by atoms with Crippen molar-refractivity contribution in [3.8, 4) is 0 Å². The predicted molar refractivity (Wildman–Crippen MR) is 265 cm³/mol. The van der Waals surface area contributed by atoms with Gasteiger partial charge in [-0.05, 0) is 93.6 Å². The van der Waals surface area contributed by atoms with Gasteiger partial charge in [0.1, 0.15) is 0 Å². The average molecular weight is 1170 g/mol. The Hall–Kier alpha value is -6.53. The standard InChI is InChI=1S/3C13H13N3O.5H3O4P/c3*1-10-6-5-9-14-12(10)16-13(17)15-11-7-3-2-4-8-11;5*1-5(2,3)4/h3*2-9H,1H3,(H2,14,15,16,17);5*(H3,1,2,3,4). The van der Waals surface area contributed by atoms with Gasteiger partial charge in [0.15, 0.2) is 0 Å². The Labute approximate surface area is 431 Å². The molecule has 21 N–H and O–H groups in total. The first-order valence-electron chi connectivity index (χ1n) is 19.9. The van der Waals surface area contributed by atoms with Crippen LogP contribution in [-0.4, -0.2) is 76.8 Å². The van der Waals surface area contributed by atoms with Gasteiger partial charge in [-0.2, -0.15) is 16.0 Å². The number of carbonyl (C=O) groups is 3. The number of aromatic nitrogens is 3. The molecule has 6 rings (SSSR count). The van der Waals surface area contributed by atoms with Gasteiger partial charge in [0, 0.05) is 33.8 Å². The molecule has 32 nitrogen and oxygen atoms in total. The maximum absolute atomic E-state index is 11.7. The topological polar surface area (TPSA) is 563 Å². The zero-order chi connectivity index (χ0) is 58.8. The van der Waals surface area contributed by atoms with Gasteiger partial charge in [-0.1, -0.05) is 54.6 Å². The maximum atomic E-state index is 11.7. The van der Waals surface area contributed by atoms with Crippen molar-refractivity contribution in [1.29, 1.82) is 0 Å². The molecule has 0 saturated carbocycles. The van der Waals surface area contributed by atoms with Crippen molar-refractivity contribution in [2.75, 3.05) is 31.9 Å². The Morgan fingerprint density at radius 3 is 0.671 bits per heavy atom. The van der Waals surface area contributed by atoms with Crippen molar-refractivity contribution in [1.82, 2.24) is 0 Å². The molecule has 0 atom stereocenters. The second-order valence-corrected chi connectivity index (χ2v) is 18.5. The molecule has 0 bridgehead atoms. The van der Waals surface area contributed by atoms with Crippen molar-refractivity contribution in [3.05, 3.63) is 163 Å². The minimum absolute atomic E-state index is 0.262. The Bertz CT molecular complexity index is 2510. The highest BCUT2D eigenvalue weighted by atomic mass is 31.2. The van der Waals surface area contributed by atoms with Gasteiger partial charge in [-0.15, -0.1) is 0 Å². The van der Waals surface area contributed by atoms with Crippen LogP contribution >= 0.6 is 39.1 Å². The van der Waals surface area contributed by atoms with E-state index < -0.39 is 39.1 Å². The van der Waals surface area contributed by atoms with Gasteiger partial charge >= 0.3 is 33.7 Å². The van der Waals surface area contributed by atoms with E-state index in [9.17, 15) is 14.4 Å². The minimum atomic E-state index is -4.89. The molecule has 0 fully saturated rings. The third-order valence-electron chi connectivity index (χ3n) is 7.00. The summed E-state index contributed by atoms with van der Waals surface area (Å²) in [4.78, 5) is 156. The number of carbonyl (C=O) groups excluding carboxylic acids is 3. The van der Waals surface area contributed by atoms with Crippen LogP contribution in [0.4, 0.5) is 48.9 Å². The number of nitrogens with one attached hydrogen (secondary N) is 9. The number of benzene rings is 3. The molecular weight excluding hydrogens is 1120 g/mol. The fourth-order valence-electron chi connectivity index (χ4n) is 4.36. The Kier molecular flexibility index (Phi) is 34.3. The molecule has 6 aromatic rings. The van der Waals surface area contributed by atoms with Crippen LogP contribution in [0.3, 0.4) is 0 Å². The Morgan fingerprint density at radius 2 is 0.513 bits per heavy atom. The number of hydrogen-bond donors (Lipinski definition) is 18. The molecule has 3 heterocycles. The van der Waals surface area contributed by atoms with Crippen molar-refractivity contribution in [3.63, 3.8) is 0 Å². The van der Waals surface area contributed by atoms with E-state index in [2.05, 4.69) is 46.9 Å². The molecule has 3 aromatic carbocycles. The lowest BCUT2D eigenvalue weighted by Gasteiger charge is -2.02. The fraction of sp³-hybridized carbons (Fsp3) is 0.0769. The zero-order valence-electron chi connectivity index (χ0n) is 39.4. The number of rotatable bonds is 6. The molecular formula is C39H54N9O23P5. The average Bonchev–Trinajstić information content (AvgIpc) is 3.25. The molecule has 3 aromatic heterocycles. The van der Waals surface area contributed by atoms with Gasteiger partial charge in [0.2, 0.25) is 0 Å².